The quantitative estimate of drug-likeness (QED) is 0.566. The molecule has 0 atom stereocenters. The highest BCUT2D eigenvalue weighted by molar-refractivity contribution is 7.80. The van der Waals surface area contributed by atoms with E-state index < -0.39 is 11.6 Å². The van der Waals surface area contributed by atoms with Gasteiger partial charge in [-0.2, -0.15) is 0 Å². The smallest absolute Gasteiger partial charge is 0.182 e. The molecule has 0 saturated heterocycles. The van der Waals surface area contributed by atoms with Crippen LogP contribution in [-0.2, 0) is 0 Å². The van der Waals surface area contributed by atoms with E-state index in [1.54, 1.807) is 0 Å². The zero-order valence-corrected chi connectivity index (χ0v) is 7.85. The Morgan fingerprint density at radius 2 is 2.08 bits per heavy atom. The normalized spacial score (nSPS) is 9.77. The lowest BCUT2D eigenvalue weighted by Crippen LogP contribution is -2.20. The first-order valence-electron chi connectivity index (χ1n) is 3.21. The van der Waals surface area contributed by atoms with E-state index in [2.05, 4.69) is 17.5 Å². The van der Waals surface area contributed by atoms with Crippen molar-refractivity contribution in [3.63, 3.8) is 0 Å². The second-order valence-corrected chi connectivity index (χ2v) is 3.11. The SMILES string of the molecule is NC(=S)Nc1cc(Cl)cc(F)c1F. The Balaban J connectivity index is 3.12. The van der Waals surface area contributed by atoms with E-state index in [0.717, 1.165) is 6.07 Å². The van der Waals surface area contributed by atoms with Gasteiger partial charge in [0.25, 0.3) is 0 Å². The fourth-order valence-corrected chi connectivity index (χ4v) is 1.09. The molecule has 1 rings (SSSR count). The molecule has 6 heteroatoms. The zero-order chi connectivity index (χ0) is 10.0. The molecule has 0 aromatic heterocycles. The number of rotatable bonds is 1. The molecule has 0 aliphatic carbocycles. The van der Waals surface area contributed by atoms with Crippen LogP contribution in [0.2, 0.25) is 5.02 Å². The van der Waals surface area contributed by atoms with Gasteiger partial charge in [0.05, 0.1) is 5.69 Å². The van der Waals surface area contributed by atoms with E-state index in [-0.39, 0.29) is 15.8 Å². The van der Waals surface area contributed by atoms with Gasteiger partial charge in [0, 0.05) is 5.02 Å². The molecule has 0 amide bonds. The monoisotopic (exact) mass is 222 g/mol. The van der Waals surface area contributed by atoms with Crippen molar-refractivity contribution in [2.75, 3.05) is 5.32 Å². The lowest BCUT2D eigenvalue weighted by atomic mass is 10.3. The summed E-state index contributed by atoms with van der Waals surface area (Å²) >= 11 is 9.93. The molecule has 13 heavy (non-hydrogen) atoms. The number of benzene rings is 1. The number of thiocarbonyl (C=S) groups is 1. The predicted octanol–water partition coefficient (Wildman–Crippen LogP) is 2.27. The van der Waals surface area contributed by atoms with Gasteiger partial charge in [-0.05, 0) is 24.4 Å². The summed E-state index contributed by atoms with van der Waals surface area (Å²) in [5.41, 5.74) is 4.91. The highest BCUT2D eigenvalue weighted by Crippen LogP contribution is 2.22. The first-order valence-corrected chi connectivity index (χ1v) is 4.00. The minimum atomic E-state index is -1.06. The molecule has 0 saturated carbocycles. The van der Waals surface area contributed by atoms with E-state index in [1.807, 2.05) is 0 Å². The molecule has 0 fully saturated rings. The maximum Gasteiger partial charge on any atom is 0.182 e. The van der Waals surface area contributed by atoms with E-state index in [9.17, 15) is 8.78 Å². The molecular weight excluding hydrogens is 218 g/mol. The summed E-state index contributed by atoms with van der Waals surface area (Å²) in [7, 11) is 0. The van der Waals surface area contributed by atoms with Crippen molar-refractivity contribution < 1.29 is 8.78 Å². The summed E-state index contributed by atoms with van der Waals surface area (Å²) in [4.78, 5) is 0. The van der Waals surface area contributed by atoms with Crippen LogP contribution in [0.25, 0.3) is 0 Å². The molecule has 0 spiro atoms. The average molecular weight is 223 g/mol. The van der Waals surface area contributed by atoms with Crippen molar-refractivity contribution in [1.82, 2.24) is 0 Å². The number of hydrogen-bond acceptors (Lipinski definition) is 1. The van der Waals surface area contributed by atoms with Gasteiger partial charge in [0.2, 0.25) is 0 Å². The second-order valence-electron chi connectivity index (χ2n) is 2.24. The van der Waals surface area contributed by atoms with E-state index in [0.29, 0.717) is 0 Å². The van der Waals surface area contributed by atoms with Gasteiger partial charge in [-0.3, -0.25) is 0 Å². The molecule has 3 N–H and O–H groups in total. The molecule has 1 aromatic rings. The van der Waals surface area contributed by atoms with Crippen molar-refractivity contribution in [1.29, 1.82) is 0 Å². The van der Waals surface area contributed by atoms with Crippen LogP contribution in [0.1, 0.15) is 0 Å². The third-order valence-electron chi connectivity index (χ3n) is 1.25. The van der Waals surface area contributed by atoms with Crippen molar-refractivity contribution in [3.8, 4) is 0 Å². The van der Waals surface area contributed by atoms with Crippen molar-refractivity contribution >= 4 is 34.6 Å². The van der Waals surface area contributed by atoms with E-state index >= 15 is 0 Å². The van der Waals surface area contributed by atoms with Gasteiger partial charge >= 0.3 is 0 Å². The van der Waals surface area contributed by atoms with Gasteiger partial charge in [-0.25, -0.2) is 8.78 Å². The highest BCUT2D eigenvalue weighted by Gasteiger charge is 2.09. The number of nitrogens with two attached hydrogens (primary N) is 1. The van der Waals surface area contributed by atoms with Crippen molar-refractivity contribution in [3.05, 3.63) is 28.8 Å². The molecule has 0 aliphatic rings. The van der Waals surface area contributed by atoms with Gasteiger partial charge in [-0.1, -0.05) is 11.6 Å². The number of hydrogen-bond donors (Lipinski definition) is 2. The Morgan fingerprint density at radius 3 is 2.62 bits per heavy atom. The Labute approximate surface area is 83.7 Å². The maximum absolute atomic E-state index is 12.9. The van der Waals surface area contributed by atoms with Gasteiger partial charge < -0.3 is 11.1 Å². The average Bonchev–Trinajstić information content (AvgIpc) is 1.98. The lowest BCUT2D eigenvalue weighted by Gasteiger charge is -2.05. The number of nitrogens with one attached hydrogen (secondary N) is 1. The van der Waals surface area contributed by atoms with Crippen LogP contribution in [0.5, 0.6) is 0 Å². The summed E-state index contributed by atoms with van der Waals surface area (Å²) in [5.74, 6) is -2.11. The van der Waals surface area contributed by atoms with E-state index in [1.165, 1.54) is 6.07 Å². The third-order valence-corrected chi connectivity index (χ3v) is 1.57. The predicted molar refractivity (Wildman–Crippen MR) is 51.8 cm³/mol. The standard InChI is InChI=1S/C7H5ClF2N2S/c8-3-1-4(9)6(10)5(2-3)12-7(11)13/h1-2H,(H3,11,12,13). The summed E-state index contributed by atoms with van der Waals surface area (Å²) in [6, 6.07) is 2.06. The van der Waals surface area contributed by atoms with Gasteiger partial charge in [0.15, 0.2) is 16.7 Å². The lowest BCUT2D eigenvalue weighted by molar-refractivity contribution is 0.512. The Morgan fingerprint density at radius 1 is 1.46 bits per heavy atom. The molecule has 0 radical (unpaired) electrons. The minimum absolute atomic E-state index is 0.0673. The van der Waals surface area contributed by atoms with E-state index in [4.69, 9.17) is 17.3 Å². The fourth-order valence-electron chi connectivity index (χ4n) is 0.780. The molecule has 70 valence electrons. The first kappa shape index (κ1) is 10.1. The second kappa shape index (κ2) is 3.85. The highest BCUT2D eigenvalue weighted by atomic mass is 35.5. The fraction of sp³-hybridized carbons (Fsp3) is 0. The number of halogens is 3. The zero-order valence-electron chi connectivity index (χ0n) is 6.27. The van der Waals surface area contributed by atoms with Crippen molar-refractivity contribution in [2.45, 2.75) is 0 Å². The van der Waals surface area contributed by atoms with Crippen LogP contribution in [0.4, 0.5) is 14.5 Å². The van der Waals surface area contributed by atoms with Crippen LogP contribution in [-0.4, -0.2) is 5.11 Å². The summed E-state index contributed by atoms with van der Waals surface area (Å²) in [5, 5.41) is 2.18. The van der Waals surface area contributed by atoms with Crippen molar-refractivity contribution in [2.24, 2.45) is 5.73 Å². The van der Waals surface area contributed by atoms with Crippen LogP contribution in [0.3, 0.4) is 0 Å². The number of anilines is 1. The van der Waals surface area contributed by atoms with Crippen LogP contribution >= 0.6 is 23.8 Å². The van der Waals surface area contributed by atoms with Crippen LogP contribution in [0, 0.1) is 11.6 Å². The largest absolute Gasteiger partial charge is 0.376 e. The minimum Gasteiger partial charge on any atom is -0.376 e. The van der Waals surface area contributed by atoms with Crippen LogP contribution < -0.4 is 11.1 Å². The Hall–Kier alpha value is -0.940. The summed E-state index contributed by atoms with van der Waals surface area (Å²) in [6.07, 6.45) is 0. The molecule has 0 unspecified atom stereocenters. The Bertz CT molecular complexity index is 357. The van der Waals surface area contributed by atoms with Gasteiger partial charge in [-0.15, -0.1) is 0 Å². The molecule has 0 aliphatic heterocycles. The third kappa shape index (κ3) is 2.50. The topological polar surface area (TPSA) is 38.0 Å². The van der Waals surface area contributed by atoms with Gasteiger partial charge in [0.1, 0.15) is 0 Å². The molecule has 0 bridgehead atoms. The first-order chi connectivity index (χ1) is 6.00. The molecule has 0 heterocycles. The Kier molecular flexibility index (Phi) is 3.00. The maximum atomic E-state index is 12.9. The van der Waals surface area contributed by atoms with Crippen LogP contribution in [0.15, 0.2) is 12.1 Å². The summed E-state index contributed by atoms with van der Waals surface area (Å²) < 4.78 is 25.6. The summed E-state index contributed by atoms with van der Waals surface area (Å²) in [6.45, 7) is 0. The molecular formula is C7H5ClF2N2S. The molecule has 1 aromatic carbocycles. The molecule has 2 nitrogen and oxygen atoms in total.